The molecule has 0 radical (unpaired) electrons. The molecule has 1 aliphatic heterocycles. The van der Waals surface area contributed by atoms with Crippen molar-refractivity contribution in [3.05, 3.63) is 34.2 Å². The van der Waals surface area contributed by atoms with E-state index in [1.807, 2.05) is 0 Å². The van der Waals surface area contributed by atoms with Crippen LogP contribution in [-0.2, 0) is 20.9 Å². The summed E-state index contributed by atoms with van der Waals surface area (Å²) in [6.07, 6.45) is 1.55. The monoisotopic (exact) mass is 267 g/mol. The molecule has 1 saturated heterocycles. The molecular formula is C12H17N3O4. The highest BCUT2D eigenvalue weighted by molar-refractivity contribution is 5.76. The van der Waals surface area contributed by atoms with Crippen molar-refractivity contribution in [3.63, 3.8) is 0 Å². The van der Waals surface area contributed by atoms with E-state index in [0.29, 0.717) is 26.3 Å². The Bertz CT molecular complexity index is 466. The highest BCUT2D eigenvalue weighted by Gasteiger charge is 2.15. The number of nitrogens with one attached hydrogen (secondary N) is 2. The molecule has 1 fully saturated rings. The first kappa shape index (κ1) is 13.7. The first-order valence-corrected chi connectivity index (χ1v) is 6.13. The summed E-state index contributed by atoms with van der Waals surface area (Å²) in [4.78, 5) is 25.4. The van der Waals surface area contributed by atoms with Crippen LogP contribution in [0.4, 0.5) is 0 Å². The fourth-order valence-electron chi connectivity index (χ4n) is 1.72. The number of hydrazine groups is 1. The van der Waals surface area contributed by atoms with Crippen molar-refractivity contribution < 1.29 is 14.3 Å². The molecule has 0 aliphatic carbocycles. The highest BCUT2D eigenvalue weighted by atomic mass is 16.5. The van der Waals surface area contributed by atoms with Gasteiger partial charge in [-0.15, -0.1) is 0 Å². The molecule has 2 heterocycles. The number of amides is 1. The van der Waals surface area contributed by atoms with Crippen LogP contribution in [0.2, 0.25) is 0 Å². The van der Waals surface area contributed by atoms with Crippen molar-refractivity contribution in [1.29, 1.82) is 0 Å². The van der Waals surface area contributed by atoms with E-state index in [4.69, 9.17) is 9.47 Å². The molecule has 19 heavy (non-hydrogen) atoms. The predicted octanol–water partition coefficient (Wildman–Crippen LogP) is -0.745. The second-order valence-corrected chi connectivity index (χ2v) is 4.12. The maximum absolute atomic E-state index is 11.8. The van der Waals surface area contributed by atoms with Crippen molar-refractivity contribution in [1.82, 2.24) is 15.4 Å². The van der Waals surface area contributed by atoms with Gasteiger partial charge in [0.05, 0.1) is 26.4 Å². The normalized spacial score (nSPS) is 16.1. The molecule has 1 amide bonds. The van der Waals surface area contributed by atoms with Crippen LogP contribution in [0, 0.1) is 0 Å². The molecule has 0 unspecified atom stereocenters. The number of nitrogens with zero attached hydrogens (tertiary/aromatic N) is 1. The summed E-state index contributed by atoms with van der Waals surface area (Å²) in [7, 11) is 0. The second kappa shape index (κ2) is 7.03. The lowest BCUT2D eigenvalue weighted by atomic mass is 10.3. The van der Waals surface area contributed by atoms with E-state index in [0.717, 1.165) is 5.56 Å². The van der Waals surface area contributed by atoms with Crippen LogP contribution >= 0.6 is 0 Å². The number of hydrogen-bond acceptors (Lipinski definition) is 5. The molecule has 7 heteroatoms. The third-order valence-electron chi connectivity index (χ3n) is 2.64. The highest BCUT2D eigenvalue weighted by Crippen LogP contribution is 1.98. The molecule has 2 N–H and O–H groups in total. The van der Waals surface area contributed by atoms with E-state index >= 15 is 0 Å². The number of carbonyl (C=O) groups is 1. The van der Waals surface area contributed by atoms with Crippen molar-refractivity contribution >= 4 is 5.91 Å². The van der Waals surface area contributed by atoms with Crippen LogP contribution in [0.15, 0.2) is 23.1 Å². The number of pyridine rings is 1. The quantitative estimate of drug-likeness (QED) is 0.750. The SMILES string of the molecule is O=C(COCc1cc[nH]c(=O)c1)N1CCOCCN1. The predicted molar refractivity (Wildman–Crippen MR) is 67.3 cm³/mol. The van der Waals surface area contributed by atoms with E-state index in [9.17, 15) is 9.59 Å². The van der Waals surface area contributed by atoms with E-state index in [2.05, 4.69) is 10.4 Å². The lowest BCUT2D eigenvalue weighted by Gasteiger charge is -2.20. The van der Waals surface area contributed by atoms with Gasteiger partial charge in [-0.2, -0.15) is 0 Å². The Labute approximate surface area is 110 Å². The summed E-state index contributed by atoms with van der Waals surface area (Å²) in [6, 6.07) is 3.19. The van der Waals surface area contributed by atoms with Gasteiger partial charge in [-0.05, 0) is 11.6 Å². The van der Waals surface area contributed by atoms with Crippen LogP contribution in [0.1, 0.15) is 5.56 Å². The van der Waals surface area contributed by atoms with Gasteiger partial charge in [-0.1, -0.05) is 0 Å². The molecule has 7 nitrogen and oxygen atoms in total. The second-order valence-electron chi connectivity index (χ2n) is 4.12. The topological polar surface area (TPSA) is 83.7 Å². The molecule has 1 aromatic rings. The molecular weight excluding hydrogens is 250 g/mol. The summed E-state index contributed by atoms with van der Waals surface area (Å²) in [5.41, 5.74) is 3.52. The molecule has 0 spiro atoms. The Balaban J connectivity index is 1.75. The summed E-state index contributed by atoms with van der Waals surface area (Å²) in [5.74, 6) is -0.143. The first-order chi connectivity index (χ1) is 9.25. The van der Waals surface area contributed by atoms with Gasteiger partial charge in [-0.25, -0.2) is 5.43 Å². The number of ether oxygens (including phenoxy) is 2. The fraction of sp³-hybridized carbons (Fsp3) is 0.500. The summed E-state index contributed by atoms with van der Waals surface area (Å²) >= 11 is 0. The third-order valence-corrected chi connectivity index (χ3v) is 2.64. The molecule has 1 aliphatic rings. The molecule has 0 aromatic carbocycles. The maximum atomic E-state index is 11.8. The zero-order valence-electron chi connectivity index (χ0n) is 10.6. The van der Waals surface area contributed by atoms with Crippen molar-refractivity contribution in [2.24, 2.45) is 0 Å². The molecule has 104 valence electrons. The minimum absolute atomic E-state index is 0.0280. The number of aromatic amines is 1. The van der Waals surface area contributed by atoms with Gasteiger partial charge < -0.3 is 14.5 Å². The van der Waals surface area contributed by atoms with Gasteiger partial charge >= 0.3 is 0 Å². The summed E-state index contributed by atoms with van der Waals surface area (Å²) < 4.78 is 10.5. The number of aromatic nitrogens is 1. The Hall–Kier alpha value is -1.70. The molecule has 0 bridgehead atoms. The van der Waals surface area contributed by atoms with Crippen molar-refractivity contribution in [3.8, 4) is 0 Å². The number of rotatable bonds is 4. The van der Waals surface area contributed by atoms with E-state index < -0.39 is 0 Å². The molecule has 2 rings (SSSR count). The van der Waals surface area contributed by atoms with Gasteiger partial charge in [0.1, 0.15) is 6.61 Å². The third kappa shape index (κ3) is 4.47. The van der Waals surface area contributed by atoms with Crippen LogP contribution in [0.5, 0.6) is 0 Å². The smallest absolute Gasteiger partial charge is 0.262 e. The minimum atomic E-state index is -0.182. The summed E-state index contributed by atoms with van der Waals surface area (Å²) in [5, 5.41) is 1.50. The van der Waals surface area contributed by atoms with Crippen LogP contribution in [0.25, 0.3) is 0 Å². The Morgan fingerprint density at radius 2 is 2.37 bits per heavy atom. The first-order valence-electron chi connectivity index (χ1n) is 6.13. The van der Waals surface area contributed by atoms with Crippen LogP contribution in [0.3, 0.4) is 0 Å². The van der Waals surface area contributed by atoms with Gasteiger partial charge in [-0.3, -0.25) is 14.6 Å². The van der Waals surface area contributed by atoms with E-state index in [1.165, 1.54) is 11.1 Å². The summed E-state index contributed by atoms with van der Waals surface area (Å²) in [6.45, 7) is 2.44. The average molecular weight is 267 g/mol. The van der Waals surface area contributed by atoms with Gasteiger partial charge in [0.15, 0.2) is 0 Å². The van der Waals surface area contributed by atoms with Gasteiger partial charge in [0.25, 0.3) is 5.91 Å². The van der Waals surface area contributed by atoms with Crippen LogP contribution < -0.4 is 11.0 Å². The number of H-pyrrole nitrogens is 1. The van der Waals surface area contributed by atoms with Crippen molar-refractivity contribution in [2.75, 3.05) is 32.9 Å². The van der Waals surface area contributed by atoms with E-state index in [1.54, 1.807) is 12.3 Å². The maximum Gasteiger partial charge on any atom is 0.262 e. The van der Waals surface area contributed by atoms with Gasteiger partial charge in [0.2, 0.25) is 5.56 Å². The molecule has 1 aromatic heterocycles. The average Bonchev–Trinajstić information content (AvgIpc) is 2.67. The van der Waals surface area contributed by atoms with Gasteiger partial charge in [0, 0.05) is 18.8 Å². The lowest BCUT2D eigenvalue weighted by Crippen LogP contribution is -2.45. The van der Waals surface area contributed by atoms with Crippen molar-refractivity contribution in [2.45, 2.75) is 6.61 Å². The largest absolute Gasteiger partial charge is 0.378 e. The Morgan fingerprint density at radius 3 is 3.21 bits per heavy atom. The Morgan fingerprint density at radius 1 is 1.47 bits per heavy atom. The number of carbonyl (C=O) groups excluding carboxylic acids is 1. The molecule has 0 atom stereocenters. The Kier molecular flexibility index (Phi) is 5.08. The fourth-order valence-corrected chi connectivity index (χ4v) is 1.72. The number of hydrogen-bond donors (Lipinski definition) is 2. The van der Waals surface area contributed by atoms with Crippen LogP contribution in [-0.4, -0.2) is 48.8 Å². The zero-order chi connectivity index (χ0) is 13.5. The standard InChI is InChI=1S/C12H17N3O4/c16-11-7-10(1-2-13-11)8-19-9-12(17)15-4-6-18-5-3-14-15/h1-2,7,14H,3-6,8-9H2,(H,13,16). The molecule has 0 saturated carbocycles. The van der Waals surface area contributed by atoms with E-state index in [-0.39, 0.29) is 24.7 Å². The lowest BCUT2D eigenvalue weighted by molar-refractivity contribution is -0.139. The minimum Gasteiger partial charge on any atom is -0.378 e. The zero-order valence-corrected chi connectivity index (χ0v) is 10.6.